The van der Waals surface area contributed by atoms with E-state index in [1.54, 1.807) is 0 Å². The minimum atomic E-state index is -0.644. The first-order valence-corrected chi connectivity index (χ1v) is 8.56. The molecule has 2 aliphatic carbocycles. The fourth-order valence-corrected chi connectivity index (χ4v) is 3.49. The summed E-state index contributed by atoms with van der Waals surface area (Å²) in [4.78, 5) is 12.4. The van der Waals surface area contributed by atoms with Gasteiger partial charge < -0.3 is 9.47 Å². The van der Waals surface area contributed by atoms with E-state index in [1.807, 2.05) is 0 Å². The third kappa shape index (κ3) is 4.43. The summed E-state index contributed by atoms with van der Waals surface area (Å²) in [6.07, 6.45) is 9.86. The lowest BCUT2D eigenvalue weighted by Gasteiger charge is -2.35. The summed E-state index contributed by atoms with van der Waals surface area (Å²) in [6.45, 7) is 4.60. The number of methoxy groups -OCH3 is 1. The van der Waals surface area contributed by atoms with Gasteiger partial charge in [-0.2, -0.15) is 0 Å². The maximum Gasteiger partial charge on any atom is 0.328 e. The molecule has 2 rings (SSSR count). The van der Waals surface area contributed by atoms with Gasteiger partial charge in [-0.15, -0.1) is 0 Å². The first kappa shape index (κ1) is 16.8. The Kier molecular flexibility index (Phi) is 6.06. The topological polar surface area (TPSA) is 47.6 Å². The Labute approximate surface area is 129 Å². The van der Waals surface area contributed by atoms with Crippen LogP contribution in [0, 0.1) is 5.92 Å². The Bertz CT molecular complexity index is 333. The Morgan fingerprint density at radius 1 is 1.14 bits per heavy atom. The largest absolute Gasteiger partial charge is 0.468 e. The zero-order chi connectivity index (χ0) is 15.3. The van der Waals surface area contributed by atoms with Crippen LogP contribution in [0.25, 0.3) is 0 Å². The molecule has 21 heavy (non-hydrogen) atoms. The van der Waals surface area contributed by atoms with E-state index in [9.17, 15) is 4.79 Å². The smallest absolute Gasteiger partial charge is 0.328 e. The molecule has 2 fully saturated rings. The lowest BCUT2D eigenvalue weighted by atomic mass is 9.92. The molecule has 1 atom stereocenters. The second-order valence-corrected chi connectivity index (χ2v) is 6.96. The molecule has 0 bridgehead atoms. The normalized spacial score (nSPS) is 23.6. The minimum Gasteiger partial charge on any atom is -0.468 e. The van der Waals surface area contributed by atoms with Crippen LogP contribution in [0.3, 0.4) is 0 Å². The monoisotopic (exact) mass is 297 g/mol. The zero-order valence-electron chi connectivity index (χ0n) is 13.8. The van der Waals surface area contributed by atoms with Crippen LogP contribution in [-0.2, 0) is 14.3 Å². The van der Waals surface area contributed by atoms with Gasteiger partial charge in [0.1, 0.15) is 5.54 Å². The standard InChI is InChI=1S/C17H31NO3/c1-13(2)18-17(14-10-11-14,16(19)20-3)12-21-15-8-6-4-5-7-9-15/h13-15,18H,4-12H2,1-3H3. The van der Waals surface area contributed by atoms with E-state index in [0.717, 1.165) is 25.7 Å². The fraction of sp³-hybridized carbons (Fsp3) is 0.941. The van der Waals surface area contributed by atoms with Gasteiger partial charge in [-0.05, 0) is 45.4 Å². The molecule has 122 valence electrons. The molecule has 0 aromatic carbocycles. The van der Waals surface area contributed by atoms with Crippen LogP contribution in [0.5, 0.6) is 0 Å². The molecule has 2 saturated carbocycles. The van der Waals surface area contributed by atoms with Crippen molar-refractivity contribution in [3.63, 3.8) is 0 Å². The van der Waals surface area contributed by atoms with Gasteiger partial charge in [-0.3, -0.25) is 5.32 Å². The highest BCUT2D eigenvalue weighted by molar-refractivity contribution is 5.82. The highest BCUT2D eigenvalue weighted by Crippen LogP contribution is 2.41. The Hall–Kier alpha value is -0.610. The summed E-state index contributed by atoms with van der Waals surface area (Å²) in [5, 5.41) is 3.46. The minimum absolute atomic E-state index is 0.160. The van der Waals surface area contributed by atoms with Gasteiger partial charge in [0, 0.05) is 6.04 Å². The average Bonchev–Trinajstić information content (AvgIpc) is 3.28. The van der Waals surface area contributed by atoms with Crippen LogP contribution in [0.2, 0.25) is 0 Å². The molecule has 0 saturated heterocycles. The molecule has 2 aliphatic rings. The average molecular weight is 297 g/mol. The van der Waals surface area contributed by atoms with Crippen molar-refractivity contribution < 1.29 is 14.3 Å². The lowest BCUT2D eigenvalue weighted by molar-refractivity contribution is -0.155. The Balaban J connectivity index is 2.01. The van der Waals surface area contributed by atoms with Crippen LogP contribution in [0.1, 0.15) is 65.2 Å². The van der Waals surface area contributed by atoms with Crippen molar-refractivity contribution >= 4 is 5.97 Å². The quantitative estimate of drug-likeness (QED) is 0.579. The summed E-state index contributed by atoms with van der Waals surface area (Å²) < 4.78 is 11.3. The number of hydrogen-bond donors (Lipinski definition) is 1. The fourth-order valence-electron chi connectivity index (χ4n) is 3.49. The van der Waals surface area contributed by atoms with Crippen molar-refractivity contribution in [3.8, 4) is 0 Å². The van der Waals surface area contributed by atoms with Gasteiger partial charge in [-0.1, -0.05) is 25.7 Å². The SMILES string of the molecule is COC(=O)C(COC1CCCCCC1)(NC(C)C)C1CC1. The number of carbonyl (C=O) groups is 1. The summed E-state index contributed by atoms with van der Waals surface area (Å²) in [7, 11) is 1.48. The lowest BCUT2D eigenvalue weighted by Crippen LogP contribution is -2.60. The molecule has 0 radical (unpaired) electrons. The summed E-state index contributed by atoms with van der Waals surface area (Å²) in [5.41, 5.74) is -0.644. The van der Waals surface area contributed by atoms with E-state index in [0.29, 0.717) is 18.6 Å². The van der Waals surface area contributed by atoms with Gasteiger partial charge in [0.2, 0.25) is 0 Å². The van der Waals surface area contributed by atoms with Gasteiger partial charge in [0.05, 0.1) is 19.8 Å². The molecular formula is C17H31NO3. The van der Waals surface area contributed by atoms with Crippen LogP contribution < -0.4 is 5.32 Å². The summed E-state index contributed by atoms with van der Waals surface area (Å²) in [6, 6.07) is 0.238. The molecule has 1 unspecified atom stereocenters. The van der Waals surface area contributed by atoms with Crippen molar-refractivity contribution in [1.82, 2.24) is 5.32 Å². The van der Waals surface area contributed by atoms with E-state index >= 15 is 0 Å². The van der Waals surface area contributed by atoms with Crippen molar-refractivity contribution in [3.05, 3.63) is 0 Å². The van der Waals surface area contributed by atoms with Crippen LogP contribution in [0.4, 0.5) is 0 Å². The highest BCUT2D eigenvalue weighted by atomic mass is 16.5. The third-order valence-corrected chi connectivity index (χ3v) is 4.72. The van der Waals surface area contributed by atoms with Gasteiger partial charge in [0.15, 0.2) is 0 Å². The first-order chi connectivity index (χ1) is 10.1. The number of esters is 1. The third-order valence-electron chi connectivity index (χ3n) is 4.72. The molecule has 0 aromatic rings. The van der Waals surface area contributed by atoms with Gasteiger partial charge in [-0.25, -0.2) is 4.79 Å². The molecular weight excluding hydrogens is 266 g/mol. The van der Waals surface area contributed by atoms with Gasteiger partial charge in [0.25, 0.3) is 0 Å². The number of hydrogen-bond acceptors (Lipinski definition) is 4. The number of ether oxygens (including phenoxy) is 2. The van der Waals surface area contributed by atoms with E-state index in [-0.39, 0.29) is 12.0 Å². The molecule has 0 spiro atoms. The van der Waals surface area contributed by atoms with E-state index < -0.39 is 5.54 Å². The maximum atomic E-state index is 12.4. The first-order valence-electron chi connectivity index (χ1n) is 8.56. The molecule has 0 aromatic heterocycles. The van der Waals surface area contributed by atoms with Crippen molar-refractivity contribution in [2.75, 3.05) is 13.7 Å². The van der Waals surface area contributed by atoms with Crippen LogP contribution in [-0.4, -0.2) is 37.4 Å². The summed E-state index contributed by atoms with van der Waals surface area (Å²) in [5.74, 6) is 0.199. The predicted octanol–water partition coefficient (Wildman–Crippen LogP) is 3.05. The van der Waals surface area contributed by atoms with Crippen LogP contribution in [0.15, 0.2) is 0 Å². The Morgan fingerprint density at radius 2 is 1.76 bits per heavy atom. The van der Waals surface area contributed by atoms with E-state index in [1.165, 1.54) is 32.8 Å². The van der Waals surface area contributed by atoms with E-state index in [2.05, 4.69) is 19.2 Å². The van der Waals surface area contributed by atoms with E-state index in [4.69, 9.17) is 9.47 Å². The molecule has 0 heterocycles. The number of nitrogens with one attached hydrogen (secondary N) is 1. The maximum absolute atomic E-state index is 12.4. The molecule has 1 N–H and O–H groups in total. The highest BCUT2D eigenvalue weighted by Gasteiger charge is 2.52. The zero-order valence-corrected chi connectivity index (χ0v) is 13.8. The molecule has 4 nitrogen and oxygen atoms in total. The van der Waals surface area contributed by atoms with Gasteiger partial charge >= 0.3 is 5.97 Å². The Morgan fingerprint density at radius 3 is 2.24 bits per heavy atom. The summed E-state index contributed by atoms with van der Waals surface area (Å²) >= 11 is 0. The second-order valence-electron chi connectivity index (χ2n) is 6.96. The van der Waals surface area contributed by atoms with Crippen LogP contribution >= 0.6 is 0 Å². The predicted molar refractivity (Wildman–Crippen MR) is 83.2 cm³/mol. The molecule has 0 amide bonds. The molecule has 0 aliphatic heterocycles. The second kappa shape index (κ2) is 7.59. The molecule has 4 heteroatoms. The number of rotatable bonds is 7. The van der Waals surface area contributed by atoms with Crippen molar-refractivity contribution in [2.45, 2.75) is 82.9 Å². The van der Waals surface area contributed by atoms with Crippen molar-refractivity contribution in [2.24, 2.45) is 5.92 Å². The number of carbonyl (C=O) groups excluding carboxylic acids is 1. The van der Waals surface area contributed by atoms with Crippen molar-refractivity contribution in [1.29, 1.82) is 0 Å².